The van der Waals surface area contributed by atoms with Crippen molar-refractivity contribution in [1.82, 2.24) is 0 Å². The Kier molecular flexibility index (Phi) is 5.46. The zero-order valence-corrected chi connectivity index (χ0v) is 9.51. The van der Waals surface area contributed by atoms with E-state index in [1.165, 1.54) is 4.91 Å². The average Bonchev–Trinajstić information content (AvgIpc) is 2.43. The first kappa shape index (κ1) is 11.4. The van der Waals surface area contributed by atoms with Crippen LogP contribution in [-0.4, -0.2) is 18.5 Å². The molecule has 1 nitrogen and oxygen atoms in total. The largest absolute Gasteiger partial charge is 0.378 e. The van der Waals surface area contributed by atoms with Gasteiger partial charge in [0, 0.05) is 17.3 Å². The van der Waals surface area contributed by atoms with Crippen molar-refractivity contribution >= 4 is 11.8 Å². The van der Waals surface area contributed by atoms with Crippen molar-refractivity contribution in [2.75, 3.05) is 12.4 Å². The van der Waals surface area contributed by atoms with Gasteiger partial charge in [-0.05, 0) is 38.2 Å². The summed E-state index contributed by atoms with van der Waals surface area (Å²) in [7, 11) is 0. The molecule has 0 aromatic rings. The standard InChI is InChI=1S/C12H16OS/c1-3-13-11(2)10-14-12-8-6-4-5-7-9-12/h4,6-9,11H,3,10H2,1-2H3. The summed E-state index contributed by atoms with van der Waals surface area (Å²) in [5.74, 6) is 0.998. The number of hydrogen-bond donors (Lipinski definition) is 0. The molecule has 0 fully saturated rings. The van der Waals surface area contributed by atoms with Crippen LogP contribution in [0.1, 0.15) is 13.8 Å². The molecule has 0 bridgehead atoms. The van der Waals surface area contributed by atoms with Gasteiger partial charge >= 0.3 is 0 Å². The van der Waals surface area contributed by atoms with E-state index in [-0.39, 0.29) is 0 Å². The molecular weight excluding hydrogens is 192 g/mol. The molecule has 0 radical (unpaired) electrons. The molecule has 76 valence electrons. The molecule has 0 N–H and O–H groups in total. The number of hydrogen-bond acceptors (Lipinski definition) is 2. The fraction of sp³-hybridized carbons (Fsp3) is 0.417. The molecule has 1 unspecified atom stereocenters. The van der Waals surface area contributed by atoms with Gasteiger partial charge in [0.2, 0.25) is 0 Å². The van der Waals surface area contributed by atoms with Crippen molar-refractivity contribution in [3.05, 3.63) is 41.0 Å². The van der Waals surface area contributed by atoms with Crippen molar-refractivity contribution in [3.63, 3.8) is 0 Å². The van der Waals surface area contributed by atoms with E-state index in [0.29, 0.717) is 6.10 Å². The maximum absolute atomic E-state index is 5.46. The Morgan fingerprint density at radius 1 is 1.50 bits per heavy atom. The van der Waals surface area contributed by atoms with Gasteiger partial charge in [0.25, 0.3) is 0 Å². The highest BCUT2D eigenvalue weighted by Gasteiger charge is 2.02. The fourth-order valence-corrected chi connectivity index (χ4v) is 1.94. The molecule has 2 heteroatoms. The van der Waals surface area contributed by atoms with E-state index in [1.54, 1.807) is 0 Å². The van der Waals surface area contributed by atoms with Crippen LogP contribution in [0.3, 0.4) is 0 Å². The lowest BCUT2D eigenvalue weighted by atomic mass is 10.4. The van der Waals surface area contributed by atoms with Crippen LogP contribution in [0.2, 0.25) is 0 Å². The van der Waals surface area contributed by atoms with Crippen LogP contribution >= 0.6 is 11.8 Å². The van der Waals surface area contributed by atoms with E-state index < -0.39 is 0 Å². The van der Waals surface area contributed by atoms with Crippen molar-refractivity contribution in [1.29, 1.82) is 0 Å². The molecule has 1 atom stereocenters. The summed E-state index contributed by atoms with van der Waals surface area (Å²) in [5, 5.41) is 0. The third-order valence-electron chi connectivity index (χ3n) is 1.73. The minimum atomic E-state index is 0.319. The van der Waals surface area contributed by atoms with Crippen molar-refractivity contribution in [2.45, 2.75) is 20.0 Å². The van der Waals surface area contributed by atoms with Gasteiger partial charge in [-0.25, -0.2) is 0 Å². The molecule has 0 saturated heterocycles. The quantitative estimate of drug-likeness (QED) is 0.641. The van der Waals surface area contributed by atoms with Gasteiger partial charge in [0.05, 0.1) is 6.10 Å². The summed E-state index contributed by atoms with van der Waals surface area (Å²) in [4.78, 5) is 1.26. The molecule has 0 aromatic heterocycles. The van der Waals surface area contributed by atoms with Crippen LogP contribution in [-0.2, 0) is 4.74 Å². The first-order valence-corrected chi connectivity index (χ1v) is 5.85. The van der Waals surface area contributed by atoms with Crippen LogP contribution in [0.5, 0.6) is 0 Å². The predicted molar refractivity (Wildman–Crippen MR) is 63.4 cm³/mol. The second kappa shape index (κ2) is 6.72. The Morgan fingerprint density at radius 3 is 3.14 bits per heavy atom. The lowest BCUT2D eigenvalue weighted by Gasteiger charge is -2.10. The third-order valence-corrected chi connectivity index (χ3v) is 2.97. The molecular formula is C12H16OS. The first-order valence-electron chi connectivity index (χ1n) is 4.86. The smallest absolute Gasteiger partial charge is 0.0640 e. The van der Waals surface area contributed by atoms with Crippen molar-refractivity contribution in [2.24, 2.45) is 0 Å². The Hall–Kier alpha value is -0.690. The Labute approximate surface area is 90.2 Å². The topological polar surface area (TPSA) is 9.23 Å². The van der Waals surface area contributed by atoms with Gasteiger partial charge in [-0.3, -0.25) is 0 Å². The third kappa shape index (κ3) is 4.52. The number of ether oxygens (including phenoxy) is 1. The predicted octanol–water partition coefficient (Wildman–Crippen LogP) is 3.31. The zero-order valence-electron chi connectivity index (χ0n) is 8.69. The summed E-state index contributed by atoms with van der Waals surface area (Å²) in [6.07, 6.45) is 10.3. The van der Waals surface area contributed by atoms with Gasteiger partial charge in [-0.1, -0.05) is 6.08 Å². The van der Waals surface area contributed by atoms with Crippen LogP contribution < -0.4 is 0 Å². The number of rotatable bonds is 5. The van der Waals surface area contributed by atoms with E-state index in [0.717, 1.165) is 12.4 Å². The molecule has 14 heavy (non-hydrogen) atoms. The summed E-state index contributed by atoms with van der Waals surface area (Å²) in [5.41, 5.74) is 3.03. The lowest BCUT2D eigenvalue weighted by molar-refractivity contribution is 0.0933. The van der Waals surface area contributed by atoms with Crippen LogP contribution in [0, 0.1) is 0 Å². The monoisotopic (exact) mass is 208 g/mol. The SMILES string of the molecule is CCOC(C)CSC1=CC=C=CC=C1. The van der Waals surface area contributed by atoms with Crippen molar-refractivity contribution < 1.29 is 4.74 Å². The van der Waals surface area contributed by atoms with Crippen LogP contribution in [0.25, 0.3) is 0 Å². The highest BCUT2D eigenvalue weighted by Crippen LogP contribution is 2.19. The Morgan fingerprint density at radius 2 is 2.36 bits per heavy atom. The molecule has 0 saturated carbocycles. The van der Waals surface area contributed by atoms with Gasteiger partial charge < -0.3 is 4.74 Å². The van der Waals surface area contributed by atoms with Crippen LogP contribution in [0.4, 0.5) is 0 Å². The molecule has 1 rings (SSSR count). The molecule has 0 spiro atoms. The second-order valence-electron chi connectivity index (χ2n) is 3.01. The molecule has 1 aliphatic rings. The van der Waals surface area contributed by atoms with E-state index in [9.17, 15) is 0 Å². The van der Waals surface area contributed by atoms with E-state index >= 15 is 0 Å². The van der Waals surface area contributed by atoms with E-state index in [1.807, 2.05) is 36.9 Å². The lowest BCUT2D eigenvalue weighted by Crippen LogP contribution is -2.10. The number of thioether (sulfide) groups is 1. The summed E-state index contributed by atoms with van der Waals surface area (Å²) >= 11 is 1.82. The average molecular weight is 208 g/mol. The van der Waals surface area contributed by atoms with Gasteiger partial charge in [-0.15, -0.1) is 17.5 Å². The Bertz CT molecular complexity index is 283. The van der Waals surface area contributed by atoms with Gasteiger partial charge in [0.1, 0.15) is 0 Å². The molecule has 0 aliphatic heterocycles. The first-order chi connectivity index (χ1) is 6.83. The molecule has 0 amide bonds. The highest BCUT2D eigenvalue weighted by molar-refractivity contribution is 8.03. The van der Waals surface area contributed by atoms with Gasteiger partial charge in [-0.2, -0.15) is 0 Å². The molecule has 1 aliphatic carbocycles. The Balaban J connectivity index is 2.31. The minimum Gasteiger partial charge on any atom is -0.378 e. The zero-order chi connectivity index (χ0) is 10.2. The number of allylic oxidation sites excluding steroid dienone is 4. The van der Waals surface area contributed by atoms with Crippen LogP contribution in [0.15, 0.2) is 41.0 Å². The fourth-order valence-electron chi connectivity index (χ4n) is 1.08. The van der Waals surface area contributed by atoms with E-state index in [2.05, 4.69) is 24.8 Å². The van der Waals surface area contributed by atoms with E-state index in [4.69, 9.17) is 4.74 Å². The van der Waals surface area contributed by atoms with Gasteiger partial charge in [0.15, 0.2) is 0 Å². The molecule has 0 heterocycles. The highest BCUT2D eigenvalue weighted by atomic mass is 32.2. The van der Waals surface area contributed by atoms with Crippen molar-refractivity contribution in [3.8, 4) is 0 Å². The maximum atomic E-state index is 5.46. The maximum Gasteiger partial charge on any atom is 0.0640 e. The normalized spacial score (nSPS) is 16.6. The second-order valence-corrected chi connectivity index (χ2v) is 4.10. The summed E-state index contributed by atoms with van der Waals surface area (Å²) in [6.45, 7) is 4.92. The molecule has 0 aromatic carbocycles. The summed E-state index contributed by atoms with van der Waals surface area (Å²) in [6, 6.07) is 0. The summed E-state index contributed by atoms with van der Waals surface area (Å²) < 4.78 is 5.46. The minimum absolute atomic E-state index is 0.319.